The van der Waals surface area contributed by atoms with E-state index in [4.69, 9.17) is 18.9 Å². The third kappa shape index (κ3) is 71.7. The molecule has 9 heteroatoms. The number of carbonyl (C=O) groups is 3. The lowest BCUT2D eigenvalue weighted by Gasteiger charge is -2.26. The van der Waals surface area contributed by atoms with Gasteiger partial charge in [0.15, 0.2) is 12.4 Å². The van der Waals surface area contributed by atoms with Crippen LogP contribution in [0, 0.1) is 0 Å². The molecule has 0 rings (SSSR count). The lowest BCUT2D eigenvalue weighted by molar-refractivity contribution is -0.870. The molecule has 0 saturated heterocycles. The van der Waals surface area contributed by atoms with Gasteiger partial charge < -0.3 is 33.3 Å². The van der Waals surface area contributed by atoms with Crippen LogP contribution in [0.25, 0.3) is 0 Å². The Balaban J connectivity index is 3.96. The Morgan fingerprint density at radius 3 is 0.727 bits per heavy atom. The molecule has 524 valence electrons. The number of nitrogens with zero attached hydrogens (tertiary/aromatic N) is 1. The van der Waals surface area contributed by atoms with Crippen LogP contribution in [0.4, 0.5) is 0 Å². The van der Waals surface area contributed by atoms with Gasteiger partial charge in [-0.25, -0.2) is 0 Å². The first kappa shape index (κ1) is 86.3. The molecule has 9 nitrogen and oxygen atoms in total. The molecule has 0 fully saturated rings. The zero-order valence-corrected chi connectivity index (χ0v) is 60.2. The highest BCUT2D eigenvalue weighted by Crippen LogP contribution is 2.21. The largest absolute Gasteiger partial charge is 0.545 e. The summed E-state index contributed by atoms with van der Waals surface area (Å²) in [5, 5.41) is 11.9. The van der Waals surface area contributed by atoms with Gasteiger partial charge in [-0.2, -0.15) is 0 Å². The Hall–Kier alpha value is -1.71. The van der Waals surface area contributed by atoms with Gasteiger partial charge in [-0.15, -0.1) is 0 Å². The van der Waals surface area contributed by atoms with E-state index in [2.05, 4.69) is 13.8 Å². The summed E-state index contributed by atoms with van der Waals surface area (Å²) in [5.74, 6) is -2.24. The van der Waals surface area contributed by atoms with Crippen LogP contribution in [0.3, 0.4) is 0 Å². The minimum Gasteiger partial charge on any atom is -0.545 e. The van der Waals surface area contributed by atoms with E-state index in [9.17, 15) is 19.5 Å². The smallest absolute Gasteiger partial charge is 0.306 e. The summed E-state index contributed by atoms with van der Waals surface area (Å²) in [7, 11) is 5.96. The molecule has 0 radical (unpaired) electrons. The summed E-state index contributed by atoms with van der Waals surface area (Å²) in [6.45, 7) is 4.86. The number of carboxylic acids is 1. The number of quaternary nitrogens is 1. The summed E-state index contributed by atoms with van der Waals surface area (Å²) in [4.78, 5) is 37.6. The molecule has 2 atom stereocenters. The van der Waals surface area contributed by atoms with Gasteiger partial charge in [-0.1, -0.05) is 406 Å². The number of ether oxygens (including phenoxy) is 4. The number of aliphatic carboxylic acids is 1. The second-order valence-electron chi connectivity index (χ2n) is 28.7. The Morgan fingerprint density at radius 2 is 0.511 bits per heavy atom. The van der Waals surface area contributed by atoms with Gasteiger partial charge >= 0.3 is 11.9 Å². The number of unbranched alkanes of at least 4 members (excludes halogenated alkanes) is 61. The first-order valence-electron chi connectivity index (χ1n) is 39.7. The van der Waals surface area contributed by atoms with Crippen molar-refractivity contribution in [2.24, 2.45) is 0 Å². The minimum absolute atomic E-state index is 0.154. The fraction of sp³-hybridized carbons (Fsp3) is 0.962. The molecule has 0 aliphatic heterocycles. The maximum absolute atomic E-state index is 13.0. The Morgan fingerprint density at radius 1 is 0.295 bits per heavy atom. The molecule has 0 saturated carbocycles. The van der Waals surface area contributed by atoms with Crippen LogP contribution >= 0.6 is 0 Å². The normalized spacial score (nSPS) is 12.5. The van der Waals surface area contributed by atoms with Crippen molar-refractivity contribution in [3.63, 3.8) is 0 Å². The molecule has 88 heavy (non-hydrogen) atoms. The van der Waals surface area contributed by atoms with Gasteiger partial charge in [0.25, 0.3) is 0 Å². The average Bonchev–Trinajstić information content (AvgIpc) is 3.62. The number of rotatable bonds is 76. The molecule has 0 bridgehead atoms. The van der Waals surface area contributed by atoms with E-state index in [1.807, 2.05) is 21.1 Å². The van der Waals surface area contributed by atoms with Crippen LogP contribution in [0.5, 0.6) is 0 Å². The van der Waals surface area contributed by atoms with E-state index in [-0.39, 0.29) is 32.2 Å². The SMILES string of the molecule is CCCCCCCCCCCCCCCCCCCCCCCCCCCCCCCCCCCC(=O)OC(COC(=O)CCCCCCCCCCCCCCCCCCCCCCCCCCCCCCCC)COC(OCC[N+](C)(C)C)C(=O)[O-]. The van der Waals surface area contributed by atoms with E-state index >= 15 is 0 Å². The Labute approximate surface area is 549 Å². The van der Waals surface area contributed by atoms with Crippen LogP contribution in [0.2, 0.25) is 0 Å². The Kier molecular flexibility index (Phi) is 69.8. The highest BCUT2D eigenvalue weighted by Gasteiger charge is 2.22. The molecule has 0 amide bonds. The summed E-state index contributed by atoms with van der Waals surface area (Å²) < 4.78 is 22.9. The molecule has 0 N–H and O–H groups in total. The molecule has 0 aromatic heterocycles. The summed E-state index contributed by atoms with van der Waals surface area (Å²) in [6.07, 6.45) is 83.8. The van der Waals surface area contributed by atoms with E-state index in [1.54, 1.807) is 0 Å². The van der Waals surface area contributed by atoms with Gasteiger partial charge in [0.1, 0.15) is 13.2 Å². The molecule has 0 aromatic rings. The maximum atomic E-state index is 13.0. The van der Waals surface area contributed by atoms with Crippen molar-refractivity contribution in [3.8, 4) is 0 Å². The summed E-state index contributed by atoms with van der Waals surface area (Å²) in [5.41, 5.74) is 0. The maximum Gasteiger partial charge on any atom is 0.306 e. The fourth-order valence-corrected chi connectivity index (χ4v) is 12.5. The van der Waals surface area contributed by atoms with Gasteiger partial charge in [-0.05, 0) is 12.8 Å². The van der Waals surface area contributed by atoms with Crippen LogP contribution in [-0.2, 0) is 33.3 Å². The van der Waals surface area contributed by atoms with Crippen molar-refractivity contribution in [1.82, 2.24) is 0 Å². The molecule has 2 unspecified atom stereocenters. The highest BCUT2D eigenvalue weighted by atomic mass is 16.7. The monoisotopic (exact) mass is 1250 g/mol. The first-order chi connectivity index (χ1) is 43.1. The quantitative estimate of drug-likeness (QED) is 0.0256. The van der Waals surface area contributed by atoms with E-state index in [0.717, 1.165) is 38.5 Å². The van der Waals surface area contributed by atoms with E-state index in [1.165, 1.54) is 366 Å². The van der Waals surface area contributed by atoms with Crippen LogP contribution in [0.15, 0.2) is 0 Å². The lowest BCUT2D eigenvalue weighted by Crippen LogP contribution is -2.44. The second kappa shape index (κ2) is 71.1. The van der Waals surface area contributed by atoms with Crippen LogP contribution < -0.4 is 5.11 Å². The fourth-order valence-electron chi connectivity index (χ4n) is 12.5. The molecule has 0 spiro atoms. The van der Waals surface area contributed by atoms with Crippen molar-refractivity contribution < 1.29 is 42.9 Å². The number of hydrogen-bond donors (Lipinski definition) is 0. The van der Waals surface area contributed by atoms with Gasteiger partial charge in [0.2, 0.25) is 0 Å². The number of likely N-dealkylation sites (N-methyl/N-ethyl adjacent to an activating group) is 1. The predicted octanol–water partition coefficient (Wildman–Crippen LogP) is 23.7. The number of carboxylic acid groups (broad SMARTS) is 1. The standard InChI is InChI=1S/C79H155NO8/c1-6-8-10-12-14-16-18-20-22-24-26-28-30-32-34-36-38-39-40-42-44-46-48-50-52-54-56-58-60-62-64-66-68-70-77(82)88-75(74-87-79(78(83)84)85-72-71-80(3,4)5)73-86-76(81)69-67-65-63-61-59-57-55-53-51-49-47-45-43-41-37-35-33-31-29-27-25-23-21-19-17-15-13-11-9-7-2/h75,79H,6-74H2,1-5H3. The molecular formula is C79H155NO8. The second-order valence-corrected chi connectivity index (χ2v) is 28.7. The minimum atomic E-state index is -1.62. The third-order valence-corrected chi connectivity index (χ3v) is 18.6. The third-order valence-electron chi connectivity index (χ3n) is 18.6. The van der Waals surface area contributed by atoms with Crippen molar-refractivity contribution in [2.75, 3.05) is 47.5 Å². The summed E-state index contributed by atoms with van der Waals surface area (Å²) >= 11 is 0. The first-order valence-corrected chi connectivity index (χ1v) is 39.7. The number of carbonyl (C=O) groups excluding carboxylic acids is 3. The molecule has 0 aliphatic rings. The number of hydrogen-bond acceptors (Lipinski definition) is 8. The molecule has 0 aromatic carbocycles. The van der Waals surface area contributed by atoms with Crippen molar-refractivity contribution in [3.05, 3.63) is 0 Å². The molecular weight excluding hydrogens is 1090 g/mol. The van der Waals surface area contributed by atoms with Crippen LogP contribution in [-0.4, -0.2) is 82.3 Å². The lowest BCUT2D eigenvalue weighted by atomic mass is 10.0. The van der Waals surface area contributed by atoms with Crippen molar-refractivity contribution in [2.45, 2.75) is 444 Å². The molecule has 0 heterocycles. The zero-order valence-electron chi connectivity index (χ0n) is 60.2. The van der Waals surface area contributed by atoms with Gasteiger partial charge in [0, 0.05) is 12.8 Å². The van der Waals surface area contributed by atoms with Crippen molar-refractivity contribution >= 4 is 17.9 Å². The van der Waals surface area contributed by atoms with E-state index < -0.39 is 24.3 Å². The predicted molar refractivity (Wildman–Crippen MR) is 376 cm³/mol. The summed E-state index contributed by atoms with van der Waals surface area (Å²) in [6, 6.07) is 0. The van der Waals surface area contributed by atoms with Gasteiger partial charge in [0.05, 0.1) is 40.3 Å². The topological polar surface area (TPSA) is 111 Å². The van der Waals surface area contributed by atoms with Gasteiger partial charge in [-0.3, -0.25) is 9.59 Å². The van der Waals surface area contributed by atoms with Crippen molar-refractivity contribution in [1.29, 1.82) is 0 Å². The van der Waals surface area contributed by atoms with E-state index in [0.29, 0.717) is 17.4 Å². The highest BCUT2D eigenvalue weighted by molar-refractivity contribution is 5.70. The Bertz CT molecular complexity index is 1400. The number of esters is 2. The average molecular weight is 1250 g/mol. The van der Waals surface area contributed by atoms with Crippen LogP contribution in [0.1, 0.15) is 431 Å². The zero-order chi connectivity index (χ0) is 64.0. The molecule has 0 aliphatic carbocycles.